The summed E-state index contributed by atoms with van der Waals surface area (Å²) in [5.41, 5.74) is -0.441. The number of nitrogens with zero attached hydrogens (tertiary/aromatic N) is 3. The summed E-state index contributed by atoms with van der Waals surface area (Å²) in [6.07, 6.45) is 0.636. The maximum Gasteiger partial charge on any atom is 0.330 e. The van der Waals surface area contributed by atoms with Crippen molar-refractivity contribution in [2.24, 2.45) is 7.05 Å². The molecule has 0 saturated carbocycles. The predicted molar refractivity (Wildman–Crippen MR) is 81.3 cm³/mol. The number of carboxylic acid groups (broad SMARTS) is 1. The van der Waals surface area contributed by atoms with Crippen LogP contribution in [-0.4, -0.2) is 36.7 Å². The highest BCUT2D eigenvalue weighted by atomic mass is 16.4. The van der Waals surface area contributed by atoms with Crippen LogP contribution in [0.15, 0.2) is 9.59 Å². The first kappa shape index (κ1) is 15.8. The molecule has 0 spiro atoms. The molecule has 0 aromatic carbocycles. The number of hydrogen-bond donors (Lipinski definition) is 3. The largest absolute Gasteiger partial charge is 0.481 e. The molecule has 1 atom stereocenters. The number of aromatic nitrogens is 4. The van der Waals surface area contributed by atoms with Crippen LogP contribution in [-0.2, 0) is 11.8 Å². The summed E-state index contributed by atoms with van der Waals surface area (Å²) >= 11 is 0. The lowest BCUT2D eigenvalue weighted by molar-refractivity contribution is -0.136. The molecule has 9 heteroatoms. The number of imidazole rings is 1. The van der Waals surface area contributed by atoms with Gasteiger partial charge >= 0.3 is 11.7 Å². The van der Waals surface area contributed by atoms with Crippen LogP contribution in [0.3, 0.4) is 0 Å². The van der Waals surface area contributed by atoms with Gasteiger partial charge in [0, 0.05) is 19.6 Å². The third kappa shape index (κ3) is 2.74. The van der Waals surface area contributed by atoms with Crippen LogP contribution in [0.5, 0.6) is 0 Å². The second-order valence-electron chi connectivity index (χ2n) is 5.12. The standard InChI is InChI=1S/C13H19N5O4/c1-4-7(2)18-10-9(11(21)16-13(18)22)17(3)12(15-10)14-6-5-8(19)20/h7H,4-6H2,1-3H3,(H,14,15)(H,19,20)(H,16,21,22). The molecule has 0 aliphatic heterocycles. The number of fused-ring (bicyclic) bond motifs is 1. The minimum absolute atomic E-state index is 0.0717. The Labute approximate surface area is 125 Å². The SMILES string of the molecule is CCC(C)n1c(=O)[nH]c(=O)c2c1nc(NCCC(=O)O)n2C. The van der Waals surface area contributed by atoms with Gasteiger partial charge in [0.05, 0.1) is 6.42 Å². The molecule has 2 aromatic rings. The quantitative estimate of drug-likeness (QED) is 0.704. The Morgan fingerprint density at radius 2 is 2.14 bits per heavy atom. The van der Waals surface area contributed by atoms with E-state index in [0.717, 1.165) is 0 Å². The highest BCUT2D eigenvalue weighted by Crippen LogP contribution is 2.17. The Hall–Kier alpha value is -2.58. The summed E-state index contributed by atoms with van der Waals surface area (Å²) in [7, 11) is 1.64. The number of H-pyrrole nitrogens is 1. The fourth-order valence-electron chi connectivity index (χ4n) is 2.25. The van der Waals surface area contributed by atoms with Gasteiger partial charge in [-0.05, 0) is 13.3 Å². The highest BCUT2D eigenvalue weighted by Gasteiger charge is 2.18. The van der Waals surface area contributed by atoms with E-state index in [9.17, 15) is 14.4 Å². The van der Waals surface area contributed by atoms with Crippen LogP contribution >= 0.6 is 0 Å². The molecule has 1 unspecified atom stereocenters. The molecule has 0 radical (unpaired) electrons. The van der Waals surface area contributed by atoms with E-state index in [1.54, 1.807) is 7.05 Å². The molecule has 0 saturated heterocycles. The summed E-state index contributed by atoms with van der Waals surface area (Å²) < 4.78 is 2.97. The number of nitrogens with one attached hydrogen (secondary N) is 2. The molecule has 0 fully saturated rings. The van der Waals surface area contributed by atoms with Crippen LogP contribution in [0.25, 0.3) is 11.2 Å². The lowest BCUT2D eigenvalue weighted by atomic mass is 10.2. The van der Waals surface area contributed by atoms with Crippen molar-refractivity contribution in [3.63, 3.8) is 0 Å². The molecule has 120 valence electrons. The van der Waals surface area contributed by atoms with Crippen LogP contribution < -0.4 is 16.6 Å². The van der Waals surface area contributed by atoms with Crippen molar-refractivity contribution < 1.29 is 9.90 Å². The fraction of sp³-hybridized carbons (Fsp3) is 0.538. The Bertz CT molecular complexity index is 816. The number of aliphatic carboxylic acids is 1. The summed E-state index contributed by atoms with van der Waals surface area (Å²) in [6, 6.07) is -0.117. The normalized spacial score (nSPS) is 12.5. The molecule has 2 heterocycles. The molecule has 0 aliphatic carbocycles. The molecule has 0 aliphatic rings. The van der Waals surface area contributed by atoms with Crippen molar-refractivity contribution >= 4 is 23.1 Å². The van der Waals surface area contributed by atoms with Crippen molar-refractivity contribution in [1.82, 2.24) is 19.1 Å². The van der Waals surface area contributed by atoms with E-state index in [-0.39, 0.29) is 24.5 Å². The average molecular weight is 309 g/mol. The van der Waals surface area contributed by atoms with Gasteiger partial charge in [0.15, 0.2) is 11.2 Å². The third-order valence-corrected chi connectivity index (χ3v) is 3.61. The number of anilines is 1. The van der Waals surface area contributed by atoms with Crippen LogP contribution in [0.1, 0.15) is 32.7 Å². The van der Waals surface area contributed by atoms with E-state index >= 15 is 0 Å². The number of hydrogen-bond acceptors (Lipinski definition) is 5. The van der Waals surface area contributed by atoms with Gasteiger partial charge in [-0.2, -0.15) is 4.98 Å². The van der Waals surface area contributed by atoms with Gasteiger partial charge in [-0.25, -0.2) is 4.79 Å². The summed E-state index contributed by atoms with van der Waals surface area (Å²) in [5.74, 6) is -0.579. The molecule has 2 rings (SSSR count). The molecular weight excluding hydrogens is 290 g/mol. The number of carbonyl (C=O) groups is 1. The Morgan fingerprint density at radius 1 is 1.45 bits per heavy atom. The molecule has 3 N–H and O–H groups in total. The topological polar surface area (TPSA) is 122 Å². The van der Waals surface area contributed by atoms with Gasteiger partial charge in [-0.1, -0.05) is 6.92 Å². The Balaban J connectivity index is 2.57. The summed E-state index contributed by atoms with van der Waals surface area (Å²) in [4.78, 5) is 41.2. The van der Waals surface area contributed by atoms with E-state index in [1.165, 1.54) is 9.13 Å². The van der Waals surface area contributed by atoms with Crippen molar-refractivity contribution in [1.29, 1.82) is 0 Å². The third-order valence-electron chi connectivity index (χ3n) is 3.61. The zero-order valence-corrected chi connectivity index (χ0v) is 12.7. The monoisotopic (exact) mass is 309 g/mol. The predicted octanol–water partition coefficient (Wildman–Crippen LogP) is 0.281. The van der Waals surface area contributed by atoms with Crippen molar-refractivity contribution in [2.45, 2.75) is 32.7 Å². The molecule has 0 amide bonds. The maximum absolute atomic E-state index is 12.0. The fourth-order valence-corrected chi connectivity index (χ4v) is 2.25. The van der Waals surface area contributed by atoms with Gasteiger partial charge < -0.3 is 15.0 Å². The Morgan fingerprint density at radius 3 is 2.73 bits per heavy atom. The van der Waals surface area contributed by atoms with Gasteiger partial charge in [-0.15, -0.1) is 0 Å². The molecule has 9 nitrogen and oxygen atoms in total. The lowest BCUT2D eigenvalue weighted by Gasteiger charge is -2.12. The van der Waals surface area contributed by atoms with Gasteiger partial charge in [0.2, 0.25) is 5.95 Å². The summed E-state index contributed by atoms with van der Waals surface area (Å²) in [6.45, 7) is 3.98. The number of aromatic amines is 1. The van der Waals surface area contributed by atoms with Crippen molar-refractivity contribution in [2.75, 3.05) is 11.9 Å². The first-order valence-corrected chi connectivity index (χ1v) is 7.03. The molecule has 0 bridgehead atoms. The van der Waals surface area contributed by atoms with E-state index in [2.05, 4.69) is 15.3 Å². The second-order valence-corrected chi connectivity index (χ2v) is 5.12. The average Bonchev–Trinajstić information content (AvgIpc) is 2.75. The Kier molecular flexibility index (Phi) is 4.34. The first-order chi connectivity index (χ1) is 10.4. The molecule has 22 heavy (non-hydrogen) atoms. The number of carboxylic acids is 1. The smallest absolute Gasteiger partial charge is 0.330 e. The molecular formula is C13H19N5O4. The van der Waals surface area contributed by atoms with Crippen LogP contribution in [0.2, 0.25) is 0 Å². The zero-order valence-electron chi connectivity index (χ0n) is 12.7. The minimum Gasteiger partial charge on any atom is -0.481 e. The highest BCUT2D eigenvalue weighted by molar-refractivity contribution is 5.74. The van der Waals surface area contributed by atoms with E-state index in [0.29, 0.717) is 18.0 Å². The lowest BCUT2D eigenvalue weighted by Crippen LogP contribution is -2.32. The first-order valence-electron chi connectivity index (χ1n) is 7.03. The van der Waals surface area contributed by atoms with E-state index < -0.39 is 17.2 Å². The van der Waals surface area contributed by atoms with Crippen molar-refractivity contribution in [3.05, 3.63) is 20.8 Å². The van der Waals surface area contributed by atoms with E-state index in [1.807, 2.05) is 13.8 Å². The molecule has 2 aromatic heterocycles. The number of rotatable bonds is 6. The van der Waals surface area contributed by atoms with Gasteiger partial charge in [0.25, 0.3) is 5.56 Å². The van der Waals surface area contributed by atoms with Crippen LogP contribution in [0.4, 0.5) is 5.95 Å². The van der Waals surface area contributed by atoms with E-state index in [4.69, 9.17) is 5.11 Å². The van der Waals surface area contributed by atoms with Gasteiger partial charge in [-0.3, -0.25) is 19.1 Å². The summed E-state index contributed by atoms with van der Waals surface area (Å²) in [5, 5.41) is 11.5. The second kappa shape index (κ2) is 6.04. The van der Waals surface area contributed by atoms with Crippen molar-refractivity contribution in [3.8, 4) is 0 Å². The zero-order chi connectivity index (χ0) is 16.4. The van der Waals surface area contributed by atoms with Gasteiger partial charge in [0.1, 0.15) is 0 Å². The van der Waals surface area contributed by atoms with Crippen LogP contribution in [0, 0.1) is 0 Å². The number of aryl methyl sites for hydroxylation is 1. The maximum atomic E-state index is 12.0. The minimum atomic E-state index is -0.930.